The number of hydrogen-bond acceptors (Lipinski definition) is 3. The summed E-state index contributed by atoms with van der Waals surface area (Å²) in [6.45, 7) is 2.44. The van der Waals surface area contributed by atoms with Crippen molar-refractivity contribution in [2.24, 2.45) is 5.73 Å². The van der Waals surface area contributed by atoms with Crippen LogP contribution in [-0.4, -0.2) is 25.6 Å². The van der Waals surface area contributed by atoms with Gasteiger partial charge in [-0.3, -0.25) is 4.79 Å². The van der Waals surface area contributed by atoms with Gasteiger partial charge in [-0.05, 0) is 30.2 Å². The molecule has 0 saturated heterocycles. The average Bonchev–Trinajstić information content (AvgIpc) is 2.42. The number of carbonyl (C=O) groups is 1. The third-order valence-electron chi connectivity index (χ3n) is 2.64. The van der Waals surface area contributed by atoms with Crippen molar-refractivity contribution in [2.75, 3.05) is 13.7 Å². The Balaban J connectivity index is 2.59. The summed E-state index contributed by atoms with van der Waals surface area (Å²) >= 11 is 0. The van der Waals surface area contributed by atoms with Crippen molar-refractivity contribution in [1.29, 1.82) is 0 Å². The Hall–Kier alpha value is -1.81. The molecule has 18 heavy (non-hydrogen) atoms. The quantitative estimate of drug-likeness (QED) is 0.751. The van der Waals surface area contributed by atoms with E-state index in [0.717, 1.165) is 17.7 Å². The van der Waals surface area contributed by atoms with Crippen LogP contribution < -0.4 is 15.8 Å². The number of hydrogen-bond donors (Lipinski definition) is 2. The van der Waals surface area contributed by atoms with Crippen LogP contribution in [0.25, 0.3) is 6.08 Å². The third-order valence-corrected chi connectivity index (χ3v) is 2.64. The highest BCUT2D eigenvalue weighted by atomic mass is 16.5. The highest BCUT2D eigenvalue weighted by Gasteiger charge is 2.05. The number of carbonyl (C=O) groups excluding carboxylic acids is 1. The van der Waals surface area contributed by atoms with Gasteiger partial charge in [0.25, 0.3) is 0 Å². The number of amides is 1. The molecule has 4 heteroatoms. The van der Waals surface area contributed by atoms with E-state index in [9.17, 15) is 4.79 Å². The number of nitrogens with one attached hydrogen (secondary N) is 1. The molecule has 1 rings (SSSR count). The van der Waals surface area contributed by atoms with Gasteiger partial charge in [0.05, 0.1) is 7.11 Å². The molecule has 0 aliphatic rings. The lowest BCUT2D eigenvalue weighted by Crippen LogP contribution is -2.38. The monoisotopic (exact) mass is 248 g/mol. The number of nitrogens with two attached hydrogens (primary N) is 1. The van der Waals surface area contributed by atoms with Gasteiger partial charge in [0.1, 0.15) is 5.75 Å². The molecule has 1 aromatic rings. The van der Waals surface area contributed by atoms with Gasteiger partial charge in [-0.15, -0.1) is 0 Å². The fraction of sp³-hybridized carbons (Fsp3) is 0.357. The van der Waals surface area contributed by atoms with Crippen molar-refractivity contribution in [3.05, 3.63) is 35.9 Å². The minimum Gasteiger partial charge on any atom is -0.497 e. The summed E-state index contributed by atoms with van der Waals surface area (Å²) in [6.07, 6.45) is 4.09. The van der Waals surface area contributed by atoms with E-state index in [1.807, 2.05) is 31.2 Å². The van der Waals surface area contributed by atoms with E-state index < -0.39 is 0 Å². The molecule has 98 valence electrons. The smallest absolute Gasteiger partial charge is 0.244 e. The van der Waals surface area contributed by atoms with Gasteiger partial charge >= 0.3 is 0 Å². The van der Waals surface area contributed by atoms with Crippen molar-refractivity contribution in [1.82, 2.24) is 5.32 Å². The molecule has 0 aliphatic carbocycles. The molecule has 0 aromatic heterocycles. The van der Waals surface area contributed by atoms with E-state index in [-0.39, 0.29) is 11.9 Å². The number of methoxy groups -OCH3 is 1. The topological polar surface area (TPSA) is 64.3 Å². The molecule has 1 aromatic carbocycles. The van der Waals surface area contributed by atoms with E-state index in [2.05, 4.69) is 5.32 Å². The van der Waals surface area contributed by atoms with Crippen LogP contribution in [0.1, 0.15) is 18.9 Å². The molecule has 0 bridgehead atoms. The lowest BCUT2D eigenvalue weighted by molar-refractivity contribution is -0.117. The molecule has 1 atom stereocenters. The second kappa shape index (κ2) is 7.50. The fourth-order valence-corrected chi connectivity index (χ4v) is 1.49. The van der Waals surface area contributed by atoms with Crippen LogP contribution in [0.15, 0.2) is 30.3 Å². The molecule has 1 unspecified atom stereocenters. The summed E-state index contributed by atoms with van der Waals surface area (Å²) < 4.78 is 5.11. The Morgan fingerprint density at radius 3 is 2.94 bits per heavy atom. The standard InChI is InChI=1S/C14H20N2O2/c1-3-12(10-15)16-14(17)8-7-11-5-4-6-13(9-11)18-2/h4-9,12H,3,10,15H2,1-2H3,(H,16,17)/b8-7+. The second-order valence-corrected chi connectivity index (χ2v) is 3.96. The van der Waals surface area contributed by atoms with Gasteiger partial charge in [0.15, 0.2) is 0 Å². The zero-order valence-electron chi connectivity index (χ0n) is 10.8. The van der Waals surface area contributed by atoms with Crippen molar-refractivity contribution < 1.29 is 9.53 Å². The SMILES string of the molecule is CCC(CN)NC(=O)/C=C/c1cccc(OC)c1. The number of ether oxygens (including phenoxy) is 1. The molecular weight excluding hydrogens is 228 g/mol. The zero-order valence-corrected chi connectivity index (χ0v) is 10.8. The van der Waals surface area contributed by atoms with Crippen LogP contribution >= 0.6 is 0 Å². The van der Waals surface area contributed by atoms with E-state index in [0.29, 0.717) is 6.54 Å². The molecule has 1 amide bonds. The summed E-state index contributed by atoms with van der Waals surface area (Å²) in [7, 11) is 1.61. The van der Waals surface area contributed by atoms with Crippen LogP contribution in [0.4, 0.5) is 0 Å². The molecule has 0 spiro atoms. The van der Waals surface area contributed by atoms with E-state index in [4.69, 9.17) is 10.5 Å². The second-order valence-electron chi connectivity index (χ2n) is 3.96. The van der Waals surface area contributed by atoms with Crippen LogP contribution in [0.2, 0.25) is 0 Å². The Morgan fingerprint density at radius 2 is 2.33 bits per heavy atom. The molecule has 0 fully saturated rings. The highest BCUT2D eigenvalue weighted by molar-refractivity contribution is 5.91. The summed E-state index contributed by atoms with van der Waals surface area (Å²) in [5.74, 6) is 0.640. The predicted octanol–water partition coefficient (Wildman–Crippen LogP) is 1.56. The highest BCUT2D eigenvalue weighted by Crippen LogP contribution is 2.13. The Kier molecular flexibility index (Phi) is 5.94. The van der Waals surface area contributed by atoms with E-state index in [1.54, 1.807) is 13.2 Å². The molecule has 0 aliphatic heterocycles. The Bertz CT molecular complexity index is 412. The maximum Gasteiger partial charge on any atom is 0.244 e. The van der Waals surface area contributed by atoms with Gasteiger partial charge in [0.2, 0.25) is 5.91 Å². The maximum atomic E-state index is 11.6. The Labute approximate surface area is 108 Å². The summed E-state index contributed by atoms with van der Waals surface area (Å²) in [6, 6.07) is 7.55. The van der Waals surface area contributed by atoms with Crippen LogP contribution in [0.5, 0.6) is 5.75 Å². The predicted molar refractivity (Wildman–Crippen MR) is 73.3 cm³/mol. The van der Waals surface area contributed by atoms with Crippen molar-refractivity contribution >= 4 is 12.0 Å². The van der Waals surface area contributed by atoms with Gasteiger partial charge < -0.3 is 15.8 Å². The minimum atomic E-state index is -0.130. The number of benzene rings is 1. The fourth-order valence-electron chi connectivity index (χ4n) is 1.49. The first kappa shape index (κ1) is 14.3. The van der Waals surface area contributed by atoms with Crippen molar-refractivity contribution in [2.45, 2.75) is 19.4 Å². The van der Waals surface area contributed by atoms with Gasteiger partial charge in [0, 0.05) is 18.7 Å². The zero-order chi connectivity index (χ0) is 13.4. The summed E-state index contributed by atoms with van der Waals surface area (Å²) in [5, 5.41) is 2.83. The minimum absolute atomic E-state index is 0.0347. The normalized spacial score (nSPS) is 12.4. The first-order valence-corrected chi connectivity index (χ1v) is 6.02. The van der Waals surface area contributed by atoms with Gasteiger partial charge in [-0.25, -0.2) is 0 Å². The van der Waals surface area contributed by atoms with Crippen molar-refractivity contribution in [3.63, 3.8) is 0 Å². The van der Waals surface area contributed by atoms with Crippen LogP contribution in [-0.2, 0) is 4.79 Å². The summed E-state index contributed by atoms with van der Waals surface area (Å²) in [4.78, 5) is 11.6. The van der Waals surface area contributed by atoms with E-state index >= 15 is 0 Å². The molecule has 0 radical (unpaired) electrons. The molecule has 0 saturated carbocycles. The van der Waals surface area contributed by atoms with E-state index in [1.165, 1.54) is 6.08 Å². The lowest BCUT2D eigenvalue weighted by Gasteiger charge is -2.12. The van der Waals surface area contributed by atoms with Crippen LogP contribution in [0.3, 0.4) is 0 Å². The lowest BCUT2D eigenvalue weighted by atomic mass is 10.2. The maximum absolute atomic E-state index is 11.6. The van der Waals surface area contributed by atoms with Crippen molar-refractivity contribution in [3.8, 4) is 5.75 Å². The molecule has 3 N–H and O–H groups in total. The molecular formula is C14H20N2O2. The van der Waals surface area contributed by atoms with Gasteiger partial charge in [-0.2, -0.15) is 0 Å². The van der Waals surface area contributed by atoms with Gasteiger partial charge in [-0.1, -0.05) is 19.1 Å². The first-order valence-electron chi connectivity index (χ1n) is 6.02. The molecule has 0 heterocycles. The largest absolute Gasteiger partial charge is 0.497 e. The van der Waals surface area contributed by atoms with Crippen LogP contribution in [0, 0.1) is 0 Å². The Morgan fingerprint density at radius 1 is 1.56 bits per heavy atom. The number of rotatable bonds is 6. The summed E-state index contributed by atoms with van der Waals surface area (Å²) in [5.41, 5.74) is 6.44. The third kappa shape index (κ3) is 4.59. The first-order chi connectivity index (χ1) is 8.69. The molecule has 4 nitrogen and oxygen atoms in total. The average molecular weight is 248 g/mol.